The Morgan fingerprint density at radius 3 is 1.87 bits per heavy atom. The van der Waals surface area contributed by atoms with Crippen LogP contribution < -0.4 is 30.7 Å². The number of hydrogen-bond donors (Lipinski definition) is 9. The number of primary sulfonamides is 1. The lowest BCUT2D eigenvalue weighted by atomic mass is 9.81. The summed E-state index contributed by atoms with van der Waals surface area (Å²) in [5.41, 5.74) is 2.13. The van der Waals surface area contributed by atoms with E-state index in [1.807, 2.05) is 61.5 Å². The molecule has 1 saturated carbocycles. The van der Waals surface area contributed by atoms with Crippen LogP contribution in [0.15, 0.2) is 127 Å². The second-order valence-corrected chi connectivity index (χ2v) is 36.7. The van der Waals surface area contributed by atoms with Crippen molar-refractivity contribution in [1.82, 2.24) is 10.6 Å². The molecule has 1 fully saturated rings. The zero-order valence-electron chi connectivity index (χ0n) is 57.5. The maximum atomic E-state index is 15.9. The Morgan fingerprint density at radius 2 is 1.26 bits per heavy atom. The number of carbonyl (C=O) groups excluding carboxylic acids is 2. The van der Waals surface area contributed by atoms with Crippen molar-refractivity contribution in [2.45, 2.75) is 186 Å². The van der Waals surface area contributed by atoms with Gasteiger partial charge in [-0.05, 0) is 149 Å². The molecule has 4 aliphatic rings. The third kappa shape index (κ3) is 20.8. The van der Waals surface area contributed by atoms with Gasteiger partial charge in [0.05, 0.1) is 38.2 Å². The number of hydrogen-bond acceptors (Lipinski definition) is 18. The molecule has 10 N–H and O–H groups in total. The lowest BCUT2D eigenvalue weighted by Gasteiger charge is -2.27. The molecule has 0 unspecified atom stereocenters. The zero-order valence-corrected chi connectivity index (χ0v) is 62.4. The maximum absolute atomic E-state index is 15.9. The Balaban J connectivity index is 1.02. The zero-order chi connectivity index (χ0) is 76.7. The van der Waals surface area contributed by atoms with Crippen molar-refractivity contribution >= 4 is 101 Å². The van der Waals surface area contributed by atoms with Crippen molar-refractivity contribution < 1.29 is 111 Å². The lowest BCUT2D eigenvalue weighted by molar-refractivity contribution is -0.438. The van der Waals surface area contributed by atoms with Crippen LogP contribution in [-0.4, -0.2) is 151 Å². The molecule has 0 spiro atoms. The van der Waals surface area contributed by atoms with E-state index in [2.05, 4.69) is 16.0 Å². The molecular weight excluding hydrogens is 1490 g/mol. The fraction of sp³-hybridized carbons (Fsp3) is 0.471. The van der Waals surface area contributed by atoms with Crippen molar-refractivity contribution in [3.8, 4) is 5.75 Å². The highest BCUT2D eigenvalue weighted by Crippen LogP contribution is 2.50. The molecule has 0 radical (unpaired) electrons. The van der Waals surface area contributed by atoms with Crippen LogP contribution in [0.25, 0.3) is 0 Å². The molecule has 104 heavy (non-hydrogen) atoms. The standard InChI is InChI=1S/C68H85F3N6O21S6/c1-67(2)50-41-48(103(92,93)94)27-29-53(50)76(35-10-12-37-100(84,85)86)55(67)31-23-44-16-14-17-45(24-32-56-68(3,4)51-42-49(104(95,96)97)28-30-54(51)77(56)36-11-13-38-101(87,88)89)63(44)98-47-25-21-43(22-26-47)40-52(66(80)81)75-58(79)20-15-34-73-57(78)33-39-99(82,83)65-60(70)59(69)64(102(72,90)91)61(71)62(65)74-46-18-8-6-5-7-9-19-46/h21-32,41-42,46,52,74H,5-20,33-40H2,1-4H3,(H8-,72,73,75,78,79,80,81,84,85,86,87,88,89,90,91,92,93,94,95,96,97)/p+1/t52-/m0/s1. The summed E-state index contributed by atoms with van der Waals surface area (Å²) in [7, 11) is -28.3. The largest absolute Gasteiger partial charge is 0.480 e. The summed E-state index contributed by atoms with van der Waals surface area (Å²) in [5.74, 6) is -11.2. The number of aliphatic carboxylic acids is 1. The first kappa shape index (κ1) is 82.3. The summed E-state index contributed by atoms with van der Waals surface area (Å²) in [6.07, 6.45) is 12.3. The number of allylic oxidation sites excluding steroid dienone is 7. The number of carboxylic acid groups (broad SMARTS) is 1. The molecule has 570 valence electrons. The average molecular weight is 1570 g/mol. The van der Waals surface area contributed by atoms with Crippen LogP contribution in [0.3, 0.4) is 0 Å². The number of ether oxygens (including phenoxy) is 1. The molecule has 4 aromatic carbocycles. The van der Waals surface area contributed by atoms with Gasteiger partial charge in [0.2, 0.25) is 27.5 Å². The molecule has 2 heterocycles. The van der Waals surface area contributed by atoms with E-state index < -0.39 is 158 Å². The van der Waals surface area contributed by atoms with Crippen LogP contribution in [-0.2, 0) is 92.0 Å². The van der Waals surface area contributed by atoms with E-state index >= 15 is 13.2 Å². The molecule has 36 heteroatoms. The Kier molecular flexibility index (Phi) is 26.2. The number of rotatable bonds is 32. The molecule has 4 aromatic rings. The number of halogens is 3. The van der Waals surface area contributed by atoms with Gasteiger partial charge in [0, 0.05) is 79.3 Å². The third-order valence-corrected chi connectivity index (χ3v) is 24.7. The van der Waals surface area contributed by atoms with Gasteiger partial charge in [0.25, 0.3) is 40.5 Å². The van der Waals surface area contributed by atoms with Crippen molar-refractivity contribution in [3.63, 3.8) is 0 Å². The van der Waals surface area contributed by atoms with E-state index in [1.165, 1.54) is 36.4 Å². The van der Waals surface area contributed by atoms with Gasteiger partial charge in [-0.25, -0.2) is 39.9 Å². The predicted molar refractivity (Wildman–Crippen MR) is 380 cm³/mol. The second-order valence-electron chi connectivity index (χ2n) is 27.2. The van der Waals surface area contributed by atoms with Crippen LogP contribution in [0, 0.1) is 17.5 Å². The van der Waals surface area contributed by atoms with Crippen molar-refractivity contribution in [2.24, 2.45) is 5.14 Å². The molecule has 2 aliphatic carbocycles. The van der Waals surface area contributed by atoms with Gasteiger partial charge in [-0.15, -0.1) is 0 Å². The molecule has 0 aromatic heterocycles. The number of nitrogens with two attached hydrogens (primary N) is 1. The van der Waals surface area contributed by atoms with Crippen LogP contribution in [0.2, 0.25) is 0 Å². The summed E-state index contributed by atoms with van der Waals surface area (Å²) < 4.78 is 243. The molecule has 27 nitrogen and oxygen atoms in total. The van der Waals surface area contributed by atoms with Crippen molar-refractivity contribution in [3.05, 3.63) is 142 Å². The van der Waals surface area contributed by atoms with E-state index in [4.69, 9.17) is 9.88 Å². The number of nitrogens with one attached hydrogen (secondary N) is 3. The van der Waals surface area contributed by atoms with Gasteiger partial charge in [0.15, 0.2) is 37.9 Å². The first-order valence-corrected chi connectivity index (χ1v) is 42.9. The smallest absolute Gasteiger partial charge is 0.326 e. The van der Waals surface area contributed by atoms with Crippen LogP contribution >= 0.6 is 0 Å². The lowest BCUT2D eigenvalue weighted by Crippen LogP contribution is -2.42. The highest BCUT2D eigenvalue weighted by Gasteiger charge is 2.46. The van der Waals surface area contributed by atoms with E-state index in [1.54, 1.807) is 24.3 Å². The topological polar surface area (TPSA) is 435 Å². The molecule has 1 atom stereocenters. The van der Waals surface area contributed by atoms with E-state index in [0.717, 1.165) is 19.3 Å². The average Bonchev–Trinajstić information content (AvgIpc) is 1.43. The number of sulfonamides is 1. The quantitative estimate of drug-likeness (QED) is 0.00952. The predicted octanol–water partition coefficient (Wildman–Crippen LogP) is 9.04. The molecule has 2 aliphatic heterocycles. The summed E-state index contributed by atoms with van der Waals surface area (Å²) >= 11 is 0. The first-order chi connectivity index (χ1) is 48.4. The summed E-state index contributed by atoms with van der Waals surface area (Å²) in [5, 5.41) is 22.7. The summed E-state index contributed by atoms with van der Waals surface area (Å²) in [4.78, 5) is 36.6. The van der Waals surface area contributed by atoms with Gasteiger partial charge < -0.3 is 30.7 Å². The van der Waals surface area contributed by atoms with Crippen LogP contribution in [0.4, 0.5) is 30.2 Å². The van der Waals surface area contributed by atoms with E-state index in [-0.39, 0.29) is 80.1 Å². The summed E-state index contributed by atoms with van der Waals surface area (Å²) in [6, 6.07) is 12.4. The minimum atomic E-state index is -5.25. The highest BCUT2D eigenvalue weighted by atomic mass is 32.2. The fourth-order valence-corrected chi connectivity index (χ4v) is 17.8. The van der Waals surface area contributed by atoms with Gasteiger partial charge >= 0.3 is 5.97 Å². The normalized spacial score (nSPS) is 18.0. The van der Waals surface area contributed by atoms with E-state index in [0.29, 0.717) is 101 Å². The Morgan fingerprint density at radius 1 is 0.663 bits per heavy atom. The first-order valence-electron chi connectivity index (χ1n) is 33.6. The number of carbonyl (C=O) groups is 3. The Hall–Kier alpha value is -7.39. The number of sulfone groups is 1. The number of fused-ring (bicyclic) bond motifs is 2. The number of benzene rings is 4. The minimum Gasteiger partial charge on any atom is -0.480 e. The summed E-state index contributed by atoms with van der Waals surface area (Å²) in [6.45, 7) is 7.54. The molecule has 2 amide bonds. The number of nitrogens with zero attached hydrogens (tertiary/aromatic N) is 2. The van der Waals surface area contributed by atoms with Gasteiger partial charge in [-0.3, -0.25) is 27.8 Å². The number of carboxylic acids is 1. The van der Waals surface area contributed by atoms with Gasteiger partial charge in [0.1, 0.15) is 29.0 Å². The van der Waals surface area contributed by atoms with Crippen molar-refractivity contribution in [1.29, 1.82) is 0 Å². The molecular formula is C68H86F3N6O21S6+. The minimum absolute atomic E-state index is 0.0698. The maximum Gasteiger partial charge on any atom is 0.326 e. The van der Waals surface area contributed by atoms with Gasteiger partial charge in [-0.1, -0.05) is 64.2 Å². The van der Waals surface area contributed by atoms with Gasteiger partial charge in [-0.2, -0.15) is 38.2 Å². The number of unbranched alkanes of at least 4 members (excludes halogenated alkanes) is 2. The third-order valence-electron chi connectivity index (χ3n) is 18.8. The SMILES string of the molecule is CC1(C)C(/C=C/C2=C(Oc3ccc(C[C@H](NC(=O)CCCNC(=O)CCS(=O)(=O)c4c(F)c(F)c(S(N)(=O)=O)c(F)c4NC4CCCCCCC4)C(=O)O)cc3)C(=C/C=C3/N(CCCCS(=O)(=O)O)c4ccc(S(=O)(=O)O)cc4C3(C)C)/CCC2)=[N+](CCCCS(=O)(=O)O)c2ccc(S(=O)(=O)O)cc21. The second kappa shape index (κ2) is 33.2. The Labute approximate surface area is 604 Å². The highest BCUT2D eigenvalue weighted by molar-refractivity contribution is 7.91. The molecule has 0 bridgehead atoms. The van der Waals surface area contributed by atoms with Crippen LogP contribution in [0.5, 0.6) is 5.75 Å². The fourth-order valence-electron chi connectivity index (χ4n) is 13.4. The van der Waals surface area contributed by atoms with E-state index in [9.17, 15) is 88.2 Å². The monoisotopic (exact) mass is 1570 g/mol. The Bertz CT molecular complexity index is 4880. The van der Waals surface area contributed by atoms with Crippen molar-refractivity contribution in [2.75, 3.05) is 47.1 Å². The van der Waals surface area contributed by atoms with Crippen LogP contribution in [0.1, 0.15) is 154 Å². The molecule has 8 rings (SSSR count). The molecule has 0 saturated heterocycles. The number of anilines is 2. The number of amides is 2.